The second-order valence-electron chi connectivity index (χ2n) is 5.53. The summed E-state index contributed by atoms with van der Waals surface area (Å²) in [6.45, 7) is 0. The summed E-state index contributed by atoms with van der Waals surface area (Å²) in [5.41, 5.74) is 3.85. The van der Waals surface area contributed by atoms with Crippen molar-refractivity contribution < 1.29 is 0 Å². The van der Waals surface area contributed by atoms with Crippen LogP contribution in [0, 0.1) is 11.8 Å². The Labute approximate surface area is 87.8 Å². The molecule has 1 fully saturated rings. The van der Waals surface area contributed by atoms with E-state index < -0.39 is 0 Å². The van der Waals surface area contributed by atoms with E-state index in [1.807, 2.05) is 11.1 Å². The maximum absolute atomic E-state index is 1.95. The molecule has 1 saturated carbocycles. The quantitative estimate of drug-likeness (QED) is 0.495. The first-order valence-corrected chi connectivity index (χ1v) is 6.66. The highest BCUT2D eigenvalue weighted by Gasteiger charge is 2.33. The van der Waals surface area contributed by atoms with E-state index in [2.05, 4.69) is 0 Å². The molecule has 0 radical (unpaired) electrons. The lowest BCUT2D eigenvalue weighted by Crippen LogP contribution is -2.27. The molecule has 0 aromatic carbocycles. The molecule has 0 saturated heterocycles. The molecule has 0 amide bonds. The van der Waals surface area contributed by atoms with E-state index in [9.17, 15) is 0 Å². The van der Waals surface area contributed by atoms with E-state index in [0.29, 0.717) is 0 Å². The molecule has 0 unspecified atom stereocenters. The predicted molar refractivity (Wildman–Crippen MR) is 60.2 cm³/mol. The van der Waals surface area contributed by atoms with Crippen molar-refractivity contribution in [3.8, 4) is 0 Å². The summed E-state index contributed by atoms with van der Waals surface area (Å²) in [5, 5.41) is 0. The van der Waals surface area contributed by atoms with Gasteiger partial charge in [-0.05, 0) is 63.2 Å². The molecule has 3 aliphatic carbocycles. The van der Waals surface area contributed by atoms with Crippen LogP contribution in [0.25, 0.3) is 0 Å². The first kappa shape index (κ1) is 9.00. The lowest BCUT2D eigenvalue weighted by molar-refractivity contribution is 0.229. The molecule has 3 rings (SSSR count). The van der Waals surface area contributed by atoms with Crippen molar-refractivity contribution in [2.75, 3.05) is 0 Å². The molecule has 0 bridgehead atoms. The molecule has 0 heterocycles. The second-order valence-corrected chi connectivity index (χ2v) is 5.53. The summed E-state index contributed by atoms with van der Waals surface area (Å²) in [4.78, 5) is 0. The number of allylic oxidation sites excluding steroid dienone is 2. The van der Waals surface area contributed by atoms with Crippen LogP contribution < -0.4 is 0 Å². The molecular weight excluding hydrogens is 168 g/mol. The Balaban J connectivity index is 1.87. The monoisotopic (exact) mass is 190 g/mol. The van der Waals surface area contributed by atoms with Crippen molar-refractivity contribution >= 4 is 0 Å². The predicted octanol–water partition coefficient (Wildman–Crippen LogP) is 4.46. The summed E-state index contributed by atoms with van der Waals surface area (Å²) in [6.07, 6.45) is 15.0. The van der Waals surface area contributed by atoms with Crippen LogP contribution in [0.2, 0.25) is 0 Å². The van der Waals surface area contributed by atoms with Gasteiger partial charge in [0.15, 0.2) is 0 Å². The lowest BCUT2D eigenvalue weighted by Gasteiger charge is -2.40. The summed E-state index contributed by atoms with van der Waals surface area (Å²) >= 11 is 0. The largest absolute Gasteiger partial charge is 0.0707 e. The molecule has 0 spiro atoms. The standard InChI is InChI=1S/C14H22/c1-3-7-13-11(5-1)9-10-12-6-2-4-8-14(12)13/h11,13H,1-10H2/t11-,13-/m0/s1. The molecular formula is C14H22. The minimum atomic E-state index is 1.05. The third-order valence-corrected chi connectivity index (χ3v) is 4.80. The third-order valence-electron chi connectivity index (χ3n) is 4.80. The van der Waals surface area contributed by atoms with Crippen LogP contribution in [-0.2, 0) is 0 Å². The third kappa shape index (κ3) is 1.43. The Morgan fingerprint density at radius 3 is 2.57 bits per heavy atom. The number of rotatable bonds is 0. The second kappa shape index (κ2) is 3.72. The van der Waals surface area contributed by atoms with Gasteiger partial charge in [0.2, 0.25) is 0 Å². The molecule has 0 aliphatic heterocycles. The van der Waals surface area contributed by atoms with E-state index in [4.69, 9.17) is 0 Å². The van der Waals surface area contributed by atoms with E-state index >= 15 is 0 Å². The maximum atomic E-state index is 1.95. The van der Waals surface area contributed by atoms with Crippen LogP contribution in [0.15, 0.2) is 11.1 Å². The minimum absolute atomic E-state index is 1.05. The van der Waals surface area contributed by atoms with Gasteiger partial charge in [-0.2, -0.15) is 0 Å². The number of hydrogen-bond donors (Lipinski definition) is 0. The van der Waals surface area contributed by atoms with Crippen molar-refractivity contribution in [1.82, 2.24) is 0 Å². The van der Waals surface area contributed by atoms with Crippen molar-refractivity contribution in [3.05, 3.63) is 11.1 Å². The van der Waals surface area contributed by atoms with Crippen molar-refractivity contribution in [3.63, 3.8) is 0 Å². The van der Waals surface area contributed by atoms with Gasteiger partial charge in [0, 0.05) is 0 Å². The van der Waals surface area contributed by atoms with E-state index in [0.717, 1.165) is 11.8 Å². The summed E-state index contributed by atoms with van der Waals surface area (Å²) < 4.78 is 0. The highest BCUT2D eigenvalue weighted by atomic mass is 14.4. The Morgan fingerprint density at radius 2 is 1.57 bits per heavy atom. The summed E-state index contributed by atoms with van der Waals surface area (Å²) in [6, 6.07) is 0. The SMILES string of the molecule is C1CCC2=C(C1)CC[C@@H]1CCCC[C@H]21. The average molecular weight is 190 g/mol. The Hall–Kier alpha value is -0.260. The highest BCUT2D eigenvalue weighted by Crippen LogP contribution is 2.47. The smallest absolute Gasteiger partial charge is 0.0172 e. The fourth-order valence-electron chi connectivity index (χ4n) is 4.10. The van der Waals surface area contributed by atoms with E-state index in [1.165, 1.54) is 57.8 Å². The fourth-order valence-corrected chi connectivity index (χ4v) is 4.10. The van der Waals surface area contributed by atoms with Crippen LogP contribution in [0.1, 0.15) is 64.2 Å². The van der Waals surface area contributed by atoms with Crippen LogP contribution in [0.3, 0.4) is 0 Å². The molecule has 78 valence electrons. The first-order valence-electron chi connectivity index (χ1n) is 6.66. The van der Waals surface area contributed by atoms with Crippen LogP contribution in [0.5, 0.6) is 0 Å². The minimum Gasteiger partial charge on any atom is -0.0707 e. The molecule has 0 N–H and O–H groups in total. The van der Waals surface area contributed by atoms with Gasteiger partial charge in [-0.1, -0.05) is 24.0 Å². The van der Waals surface area contributed by atoms with Gasteiger partial charge in [-0.25, -0.2) is 0 Å². The molecule has 14 heavy (non-hydrogen) atoms. The topological polar surface area (TPSA) is 0 Å². The van der Waals surface area contributed by atoms with Crippen molar-refractivity contribution in [2.45, 2.75) is 64.2 Å². The normalized spacial score (nSPS) is 37.7. The van der Waals surface area contributed by atoms with Gasteiger partial charge in [-0.15, -0.1) is 0 Å². The van der Waals surface area contributed by atoms with Gasteiger partial charge < -0.3 is 0 Å². The molecule has 0 aromatic heterocycles. The highest BCUT2D eigenvalue weighted by molar-refractivity contribution is 5.24. The van der Waals surface area contributed by atoms with Gasteiger partial charge in [0.25, 0.3) is 0 Å². The van der Waals surface area contributed by atoms with Gasteiger partial charge in [-0.3, -0.25) is 0 Å². The van der Waals surface area contributed by atoms with Gasteiger partial charge in [0.05, 0.1) is 0 Å². The molecule has 0 aromatic rings. The molecule has 2 atom stereocenters. The Bertz CT molecular complexity index is 249. The Morgan fingerprint density at radius 1 is 0.714 bits per heavy atom. The zero-order valence-corrected chi connectivity index (χ0v) is 9.23. The Kier molecular flexibility index (Phi) is 2.39. The van der Waals surface area contributed by atoms with Gasteiger partial charge >= 0.3 is 0 Å². The van der Waals surface area contributed by atoms with E-state index in [1.54, 1.807) is 6.42 Å². The van der Waals surface area contributed by atoms with Crippen molar-refractivity contribution in [2.24, 2.45) is 11.8 Å². The van der Waals surface area contributed by atoms with Crippen molar-refractivity contribution in [1.29, 1.82) is 0 Å². The maximum Gasteiger partial charge on any atom is -0.0172 e. The molecule has 0 nitrogen and oxygen atoms in total. The van der Waals surface area contributed by atoms with Gasteiger partial charge in [0.1, 0.15) is 0 Å². The lowest BCUT2D eigenvalue weighted by atomic mass is 9.65. The summed E-state index contributed by atoms with van der Waals surface area (Å²) in [5.74, 6) is 2.15. The number of fused-ring (bicyclic) bond motifs is 2. The zero-order chi connectivity index (χ0) is 9.38. The summed E-state index contributed by atoms with van der Waals surface area (Å²) in [7, 11) is 0. The average Bonchev–Trinajstić information content (AvgIpc) is 2.29. The van der Waals surface area contributed by atoms with Crippen LogP contribution in [0.4, 0.5) is 0 Å². The number of hydrogen-bond acceptors (Lipinski definition) is 0. The fraction of sp³-hybridized carbons (Fsp3) is 0.857. The van der Waals surface area contributed by atoms with Crippen LogP contribution in [-0.4, -0.2) is 0 Å². The van der Waals surface area contributed by atoms with Crippen LogP contribution >= 0.6 is 0 Å². The molecule has 3 aliphatic rings. The first-order chi connectivity index (χ1) is 6.95. The molecule has 0 heteroatoms. The zero-order valence-electron chi connectivity index (χ0n) is 9.23. The van der Waals surface area contributed by atoms with E-state index in [-0.39, 0.29) is 0 Å².